The summed E-state index contributed by atoms with van der Waals surface area (Å²) >= 11 is 4.17. The molecule has 0 atom stereocenters. The second kappa shape index (κ2) is 6.24. The molecule has 0 saturated carbocycles. The van der Waals surface area contributed by atoms with E-state index < -0.39 is 9.84 Å². The quantitative estimate of drug-likeness (QED) is 0.823. The Kier molecular flexibility index (Phi) is 5.22. The van der Waals surface area contributed by atoms with Gasteiger partial charge in [0.15, 0.2) is 0 Å². The SMILES string of the molecule is CN(CCS(C)(=O)=O)C(=O)Cc1ccc(S)cc1. The molecule has 0 bridgehead atoms. The van der Waals surface area contributed by atoms with Gasteiger partial charge in [-0.05, 0) is 17.7 Å². The van der Waals surface area contributed by atoms with Crippen molar-refractivity contribution in [3.8, 4) is 0 Å². The third-order valence-corrected chi connectivity index (χ3v) is 3.74. The molecule has 1 amide bonds. The largest absolute Gasteiger partial charge is 0.344 e. The molecule has 100 valence electrons. The summed E-state index contributed by atoms with van der Waals surface area (Å²) in [5.41, 5.74) is 0.893. The predicted molar refractivity (Wildman–Crippen MR) is 74.7 cm³/mol. The molecule has 0 aliphatic rings. The summed E-state index contributed by atoms with van der Waals surface area (Å²) in [4.78, 5) is 14.1. The van der Waals surface area contributed by atoms with Crippen molar-refractivity contribution in [2.24, 2.45) is 0 Å². The van der Waals surface area contributed by atoms with Crippen molar-refractivity contribution in [2.75, 3.05) is 25.6 Å². The maximum Gasteiger partial charge on any atom is 0.226 e. The first-order valence-corrected chi connectivity index (χ1v) is 7.98. The van der Waals surface area contributed by atoms with Gasteiger partial charge >= 0.3 is 0 Å². The smallest absolute Gasteiger partial charge is 0.226 e. The molecule has 1 rings (SSSR count). The first-order valence-electron chi connectivity index (χ1n) is 5.47. The van der Waals surface area contributed by atoms with Gasteiger partial charge in [-0.25, -0.2) is 8.42 Å². The summed E-state index contributed by atoms with van der Waals surface area (Å²) in [5, 5.41) is 0. The van der Waals surface area contributed by atoms with E-state index in [1.54, 1.807) is 7.05 Å². The van der Waals surface area contributed by atoms with Gasteiger partial charge in [0, 0.05) is 24.7 Å². The Bertz CT molecular complexity index is 509. The summed E-state index contributed by atoms with van der Waals surface area (Å²) in [6.45, 7) is 0.225. The van der Waals surface area contributed by atoms with Crippen LogP contribution >= 0.6 is 12.6 Å². The summed E-state index contributed by atoms with van der Waals surface area (Å²) in [7, 11) is -1.42. The van der Waals surface area contributed by atoms with Crippen molar-refractivity contribution in [3.63, 3.8) is 0 Å². The summed E-state index contributed by atoms with van der Waals surface area (Å²) in [6.07, 6.45) is 1.44. The Hall–Kier alpha value is -1.01. The number of nitrogens with zero attached hydrogens (tertiary/aromatic N) is 1. The van der Waals surface area contributed by atoms with Crippen molar-refractivity contribution < 1.29 is 13.2 Å². The number of benzene rings is 1. The van der Waals surface area contributed by atoms with E-state index in [9.17, 15) is 13.2 Å². The summed E-state index contributed by atoms with van der Waals surface area (Å²) in [6, 6.07) is 7.32. The van der Waals surface area contributed by atoms with E-state index in [0.717, 1.165) is 16.7 Å². The van der Waals surface area contributed by atoms with Crippen molar-refractivity contribution in [3.05, 3.63) is 29.8 Å². The molecule has 18 heavy (non-hydrogen) atoms. The molecular weight excluding hydrogens is 270 g/mol. The second-order valence-corrected chi connectivity index (χ2v) is 7.06. The Labute approximate surface area is 113 Å². The molecular formula is C12H17NO3S2. The minimum absolute atomic E-state index is 0.00911. The third kappa shape index (κ3) is 5.55. The highest BCUT2D eigenvalue weighted by molar-refractivity contribution is 7.90. The molecule has 1 aromatic carbocycles. The van der Waals surface area contributed by atoms with Gasteiger partial charge in [-0.1, -0.05) is 12.1 Å². The third-order valence-electron chi connectivity index (χ3n) is 2.51. The summed E-state index contributed by atoms with van der Waals surface area (Å²) < 4.78 is 22.0. The van der Waals surface area contributed by atoms with Gasteiger partial charge in [-0.2, -0.15) is 0 Å². The number of sulfone groups is 1. The van der Waals surface area contributed by atoms with Crippen LogP contribution in [0.2, 0.25) is 0 Å². The molecule has 0 N–H and O–H groups in total. The van der Waals surface area contributed by atoms with E-state index in [-0.39, 0.29) is 24.6 Å². The minimum Gasteiger partial charge on any atom is -0.344 e. The van der Waals surface area contributed by atoms with Crippen molar-refractivity contribution in [1.82, 2.24) is 4.90 Å². The Morgan fingerprint density at radius 3 is 2.33 bits per heavy atom. The molecule has 0 spiro atoms. The maximum absolute atomic E-state index is 11.8. The van der Waals surface area contributed by atoms with Gasteiger partial charge in [-0.3, -0.25) is 4.79 Å². The molecule has 0 heterocycles. The van der Waals surface area contributed by atoms with Gasteiger partial charge in [0.1, 0.15) is 9.84 Å². The molecule has 6 heteroatoms. The predicted octanol–water partition coefficient (Wildman–Crippen LogP) is 1.02. The fraction of sp³-hybridized carbons (Fsp3) is 0.417. The zero-order chi connectivity index (χ0) is 13.8. The lowest BCUT2D eigenvalue weighted by Crippen LogP contribution is -2.32. The van der Waals surface area contributed by atoms with E-state index in [0.29, 0.717) is 0 Å². The number of rotatable bonds is 5. The number of hydrogen-bond donors (Lipinski definition) is 1. The molecule has 0 aliphatic carbocycles. The van der Waals surface area contributed by atoms with E-state index >= 15 is 0 Å². The fourth-order valence-corrected chi connectivity index (χ4v) is 2.11. The lowest BCUT2D eigenvalue weighted by atomic mass is 10.1. The molecule has 0 aliphatic heterocycles. The van der Waals surface area contributed by atoms with Crippen LogP contribution in [-0.4, -0.2) is 44.8 Å². The Morgan fingerprint density at radius 1 is 1.28 bits per heavy atom. The number of hydrogen-bond acceptors (Lipinski definition) is 4. The molecule has 0 radical (unpaired) electrons. The van der Waals surface area contributed by atoms with Crippen LogP contribution in [0.4, 0.5) is 0 Å². The maximum atomic E-state index is 11.8. The van der Waals surface area contributed by atoms with E-state index in [2.05, 4.69) is 12.6 Å². The van der Waals surface area contributed by atoms with Crippen LogP contribution in [-0.2, 0) is 21.1 Å². The van der Waals surface area contributed by atoms with Crippen LogP contribution in [0.15, 0.2) is 29.2 Å². The highest BCUT2D eigenvalue weighted by atomic mass is 32.2. The van der Waals surface area contributed by atoms with Crippen LogP contribution in [0.5, 0.6) is 0 Å². The lowest BCUT2D eigenvalue weighted by Gasteiger charge is -2.16. The molecule has 0 saturated heterocycles. The monoisotopic (exact) mass is 287 g/mol. The molecule has 4 nitrogen and oxygen atoms in total. The average Bonchev–Trinajstić information content (AvgIpc) is 2.28. The average molecular weight is 287 g/mol. The highest BCUT2D eigenvalue weighted by Gasteiger charge is 2.12. The number of carbonyl (C=O) groups is 1. The van der Waals surface area contributed by atoms with Crippen LogP contribution in [0.3, 0.4) is 0 Å². The van der Waals surface area contributed by atoms with Gasteiger partial charge < -0.3 is 4.90 Å². The zero-order valence-electron chi connectivity index (χ0n) is 10.5. The molecule has 0 aromatic heterocycles. The minimum atomic E-state index is -3.04. The van der Waals surface area contributed by atoms with Crippen molar-refractivity contribution in [2.45, 2.75) is 11.3 Å². The van der Waals surface area contributed by atoms with Gasteiger partial charge in [0.25, 0.3) is 0 Å². The van der Waals surface area contributed by atoms with E-state index in [4.69, 9.17) is 0 Å². The number of carbonyl (C=O) groups excluding carboxylic acids is 1. The lowest BCUT2D eigenvalue weighted by molar-refractivity contribution is -0.128. The topological polar surface area (TPSA) is 54.5 Å². The van der Waals surface area contributed by atoms with Crippen LogP contribution in [0, 0.1) is 0 Å². The standard InChI is InChI=1S/C12H17NO3S2/c1-13(7-8-18(2,15)16)12(14)9-10-3-5-11(17)6-4-10/h3-6,17H,7-9H2,1-2H3. The Morgan fingerprint density at radius 2 is 1.83 bits per heavy atom. The van der Waals surface area contributed by atoms with Crippen LogP contribution < -0.4 is 0 Å². The normalized spacial score (nSPS) is 11.3. The van der Waals surface area contributed by atoms with Crippen molar-refractivity contribution >= 4 is 28.4 Å². The molecule has 0 fully saturated rings. The Balaban J connectivity index is 2.52. The number of thiol groups is 1. The van der Waals surface area contributed by atoms with Gasteiger partial charge in [0.2, 0.25) is 5.91 Å². The zero-order valence-corrected chi connectivity index (χ0v) is 12.2. The van der Waals surface area contributed by atoms with E-state index in [1.165, 1.54) is 4.90 Å². The van der Waals surface area contributed by atoms with Crippen LogP contribution in [0.25, 0.3) is 0 Å². The summed E-state index contributed by atoms with van der Waals surface area (Å²) in [5.74, 6) is -0.101. The molecule has 1 aromatic rings. The number of amides is 1. The fourth-order valence-electron chi connectivity index (χ4n) is 1.35. The van der Waals surface area contributed by atoms with Gasteiger partial charge in [0.05, 0.1) is 12.2 Å². The van der Waals surface area contributed by atoms with Gasteiger partial charge in [-0.15, -0.1) is 12.6 Å². The van der Waals surface area contributed by atoms with Crippen LogP contribution in [0.1, 0.15) is 5.56 Å². The van der Waals surface area contributed by atoms with Crippen molar-refractivity contribution in [1.29, 1.82) is 0 Å². The first-order chi connectivity index (χ1) is 8.28. The first kappa shape index (κ1) is 15.0. The number of likely N-dealkylation sites (N-methyl/N-ethyl adjacent to an activating group) is 1. The highest BCUT2D eigenvalue weighted by Crippen LogP contribution is 2.09. The molecule has 0 unspecified atom stereocenters. The van der Waals surface area contributed by atoms with E-state index in [1.807, 2.05) is 24.3 Å². The second-order valence-electron chi connectivity index (χ2n) is 4.29.